The van der Waals surface area contributed by atoms with Crippen molar-refractivity contribution >= 4 is 11.9 Å². The molecule has 0 bridgehead atoms. The van der Waals surface area contributed by atoms with Gasteiger partial charge in [-0.15, -0.1) is 0 Å². The quantitative estimate of drug-likeness (QED) is 0.466. The molecule has 0 saturated carbocycles. The molecule has 1 aromatic rings. The minimum atomic E-state index is -0.468. The molecule has 0 spiro atoms. The number of carbonyl (C=O) groups is 2. The molecule has 128 valence electrons. The van der Waals surface area contributed by atoms with Crippen molar-refractivity contribution in [3.63, 3.8) is 0 Å². The zero-order chi connectivity index (χ0) is 17.1. The van der Waals surface area contributed by atoms with E-state index < -0.39 is 11.9 Å². The topological polar surface area (TPSA) is 52.6 Å². The summed E-state index contributed by atoms with van der Waals surface area (Å²) in [6.07, 6.45) is 4.97. The Labute approximate surface area is 139 Å². The predicted octanol–water partition coefficient (Wildman–Crippen LogP) is 4.63. The van der Waals surface area contributed by atoms with Crippen LogP contribution in [0.1, 0.15) is 73.6 Å². The lowest BCUT2D eigenvalue weighted by Crippen LogP contribution is -2.15. The van der Waals surface area contributed by atoms with Crippen LogP contribution in [-0.2, 0) is 9.47 Å². The Kier molecular flexibility index (Phi) is 9.03. The van der Waals surface area contributed by atoms with Crippen LogP contribution in [0.3, 0.4) is 0 Å². The molecule has 0 N–H and O–H groups in total. The van der Waals surface area contributed by atoms with Crippen LogP contribution < -0.4 is 0 Å². The van der Waals surface area contributed by atoms with E-state index in [1.807, 2.05) is 0 Å². The number of hydrogen-bond donors (Lipinski definition) is 0. The summed E-state index contributed by atoms with van der Waals surface area (Å²) in [5, 5.41) is 0. The van der Waals surface area contributed by atoms with E-state index in [2.05, 4.69) is 20.8 Å². The summed E-state index contributed by atoms with van der Waals surface area (Å²) >= 11 is 0. The van der Waals surface area contributed by atoms with Crippen LogP contribution in [0.15, 0.2) is 24.3 Å². The average Bonchev–Trinajstić information content (AvgIpc) is 2.54. The lowest BCUT2D eigenvalue weighted by molar-refractivity contribution is 0.0445. The number of hydrogen-bond acceptors (Lipinski definition) is 4. The third-order valence-corrected chi connectivity index (χ3v) is 3.53. The van der Waals surface area contributed by atoms with E-state index in [4.69, 9.17) is 9.47 Å². The van der Waals surface area contributed by atoms with Gasteiger partial charge < -0.3 is 9.47 Å². The molecular formula is C19H28O4. The summed E-state index contributed by atoms with van der Waals surface area (Å²) < 4.78 is 10.5. The van der Waals surface area contributed by atoms with Gasteiger partial charge in [-0.1, -0.05) is 52.2 Å². The molecule has 1 aromatic carbocycles. The Hall–Kier alpha value is -1.84. The summed E-state index contributed by atoms with van der Waals surface area (Å²) in [6, 6.07) is 6.65. The molecule has 0 unspecified atom stereocenters. The third kappa shape index (κ3) is 7.31. The van der Waals surface area contributed by atoms with Gasteiger partial charge >= 0.3 is 11.9 Å². The second kappa shape index (κ2) is 10.8. The number of ether oxygens (including phenoxy) is 2. The first kappa shape index (κ1) is 19.2. The van der Waals surface area contributed by atoms with Gasteiger partial charge in [-0.25, -0.2) is 9.59 Å². The number of esters is 2. The minimum absolute atomic E-state index is 0.273. The molecule has 0 heterocycles. The smallest absolute Gasteiger partial charge is 0.339 e. The van der Waals surface area contributed by atoms with Gasteiger partial charge in [0.25, 0.3) is 0 Å². The second-order valence-corrected chi connectivity index (χ2v) is 6.06. The van der Waals surface area contributed by atoms with Crippen LogP contribution in [0.2, 0.25) is 0 Å². The highest BCUT2D eigenvalue weighted by molar-refractivity contribution is 6.03. The van der Waals surface area contributed by atoms with Crippen molar-refractivity contribution < 1.29 is 19.1 Å². The highest BCUT2D eigenvalue weighted by Crippen LogP contribution is 2.13. The molecule has 4 nitrogen and oxygen atoms in total. The summed E-state index contributed by atoms with van der Waals surface area (Å²) in [4.78, 5) is 24.3. The van der Waals surface area contributed by atoms with E-state index in [0.717, 1.165) is 32.1 Å². The number of unbranched alkanes of at least 4 members (excludes halogenated alkanes) is 3. The van der Waals surface area contributed by atoms with Crippen molar-refractivity contribution in [1.29, 1.82) is 0 Å². The predicted molar refractivity (Wildman–Crippen MR) is 90.6 cm³/mol. The van der Waals surface area contributed by atoms with Crippen molar-refractivity contribution in [2.24, 2.45) is 5.92 Å². The van der Waals surface area contributed by atoms with Crippen molar-refractivity contribution in [2.45, 2.75) is 52.9 Å². The lowest BCUT2D eigenvalue weighted by atomic mass is 10.1. The van der Waals surface area contributed by atoms with Crippen LogP contribution in [0, 0.1) is 5.92 Å². The maximum atomic E-state index is 12.2. The van der Waals surface area contributed by atoms with Gasteiger partial charge in [-0.05, 0) is 30.9 Å². The van der Waals surface area contributed by atoms with Crippen molar-refractivity contribution in [3.8, 4) is 0 Å². The number of carbonyl (C=O) groups excluding carboxylic acids is 2. The Bertz CT molecular complexity index is 494. The molecule has 23 heavy (non-hydrogen) atoms. The Morgan fingerprint density at radius 3 is 2.00 bits per heavy atom. The van der Waals surface area contributed by atoms with E-state index in [0.29, 0.717) is 19.1 Å². The minimum Gasteiger partial charge on any atom is -0.462 e. The van der Waals surface area contributed by atoms with Crippen LogP contribution >= 0.6 is 0 Å². The van der Waals surface area contributed by atoms with Gasteiger partial charge in [0.15, 0.2) is 0 Å². The molecule has 0 atom stereocenters. The van der Waals surface area contributed by atoms with Gasteiger partial charge in [0, 0.05) is 0 Å². The van der Waals surface area contributed by atoms with Crippen molar-refractivity contribution in [2.75, 3.05) is 13.2 Å². The number of rotatable bonds is 10. The molecule has 0 amide bonds. The fourth-order valence-corrected chi connectivity index (χ4v) is 2.08. The molecule has 0 aliphatic rings. The van der Waals surface area contributed by atoms with E-state index in [9.17, 15) is 9.59 Å². The molecular weight excluding hydrogens is 292 g/mol. The molecule has 0 fully saturated rings. The van der Waals surface area contributed by atoms with Crippen LogP contribution in [0.5, 0.6) is 0 Å². The fraction of sp³-hybridized carbons (Fsp3) is 0.579. The van der Waals surface area contributed by atoms with E-state index in [-0.39, 0.29) is 11.1 Å². The van der Waals surface area contributed by atoms with E-state index >= 15 is 0 Å². The maximum absolute atomic E-state index is 12.2. The van der Waals surface area contributed by atoms with Gasteiger partial charge in [0.1, 0.15) is 0 Å². The van der Waals surface area contributed by atoms with Gasteiger partial charge in [0.05, 0.1) is 24.3 Å². The zero-order valence-electron chi connectivity index (χ0n) is 14.5. The number of benzene rings is 1. The Balaban J connectivity index is 2.58. The highest BCUT2D eigenvalue weighted by Gasteiger charge is 2.18. The largest absolute Gasteiger partial charge is 0.462 e. The van der Waals surface area contributed by atoms with E-state index in [1.165, 1.54) is 0 Å². The standard InChI is InChI=1S/C19H28O4/c1-4-5-6-9-13-22-18(20)16-10-7-8-11-17(16)19(21)23-14-12-15(2)3/h7-8,10-11,15H,4-6,9,12-14H2,1-3H3. The fourth-order valence-electron chi connectivity index (χ4n) is 2.08. The van der Waals surface area contributed by atoms with Crippen molar-refractivity contribution in [1.82, 2.24) is 0 Å². The second-order valence-electron chi connectivity index (χ2n) is 6.06. The summed E-state index contributed by atoms with van der Waals surface area (Å²) in [5.41, 5.74) is 0.548. The molecule has 4 heteroatoms. The Morgan fingerprint density at radius 2 is 1.48 bits per heavy atom. The average molecular weight is 320 g/mol. The first-order valence-electron chi connectivity index (χ1n) is 8.49. The van der Waals surface area contributed by atoms with Crippen LogP contribution in [0.4, 0.5) is 0 Å². The highest BCUT2D eigenvalue weighted by atomic mass is 16.5. The molecule has 1 rings (SSSR count). The molecule has 0 saturated heterocycles. The van der Waals surface area contributed by atoms with Crippen LogP contribution in [-0.4, -0.2) is 25.2 Å². The summed E-state index contributed by atoms with van der Waals surface area (Å²) in [7, 11) is 0. The lowest BCUT2D eigenvalue weighted by Gasteiger charge is -2.10. The SMILES string of the molecule is CCCCCCOC(=O)c1ccccc1C(=O)OCCC(C)C. The van der Waals surface area contributed by atoms with Gasteiger partial charge in [-0.2, -0.15) is 0 Å². The van der Waals surface area contributed by atoms with Crippen LogP contribution in [0.25, 0.3) is 0 Å². The van der Waals surface area contributed by atoms with Crippen molar-refractivity contribution in [3.05, 3.63) is 35.4 Å². The summed E-state index contributed by atoms with van der Waals surface area (Å²) in [5.74, 6) is -0.465. The van der Waals surface area contributed by atoms with Gasteiger partial charge in [0.2, 0.25) is 0 Å². The molecule has 0 radical (unpaired) electrons. The zero-order valence-corrected chi connectivity index (χ0v) is 14.5. The third-order valence-electron chi connectivity index (χ3n) is 3.53. The first-order chi connectivity index (χ1) is 11.1. The Morgan fingerprint density at radius 1 is 0.913 bits per heavy atom. The maximum Gasteiger partial charge on any atom is 0.339 e. The molecule has 0 aliphatic carbocycles. The van der Waals surface area contributed by atoms with Gasteiger partial charge in [-0.3, -0.25) is 0 Å². The summed E-state index contributed by atoms with van der Waals surface area (Å²) in [6.45, 7) is 7.01. The molecule has 0 aliphatic heterocycles. The molecule has 0 aromatic heterocycles. The van der Waals surface area contributed by atoms with E-state index in [1.54, 1.807) is 24.3 Å². The monoisotopic (exact) mass is 320 g/mol. The first-order valence-corrected chi connectivity index (χ1v) is 8.49. The normalized spacial score (nSPS) is 10.6.